The Balaban J connectivity index is 0.00000180. The van der Waals surface area contributed by atoms with E-state index in [2.05, 4.69) is 20.8 Å². The molecule has 0 atom stereocenters. The molecule has 0 bridgehead atoms. The lowest BCUT2D eigenvalue weighted by Crippen LogP contribution is -2.16. The van der Waals surface area contributed by atoms with Crippen molar-refractivity contribution in [2.24, 2.45) is 12.8 Å². The third-order valence-corrected chi connectivity index (χ3v) is 2.40. The second-order valence-electron chi connectivity index (χ2n) is 3.79. The van der Waals surface area contributed by atoms with E-state index in [1.165, 1.54) is 0 Å². The summed E-state index contributed by atoms with van der Waals surface area (Å²) in [6.07, 6.45) is 0.301. The molecule has 1 amide bonds. The van der Waals surface area contributed by atoms with Crippen molar-refractivity contribution >= 4 is 24.0 Å². The van der Waals surface area contributed by atoms with Crippen LogP contribution < -0.4 is 11.1 Å². The smallest absolute Gasteiger partial charge is 0.225 e. The Labute approximate surface area is 116 Å². The molecule has 1 aromatic carbocycles. The summed E-state index contributed by atoms with van der Waals surface area (Å²) in [4.78, 5) is 11.4. The normalized spacial score (nSPS) is 9.79. The Morgan fingerprint density at radius 1 is 1.47 bits per heavy atom. The minimum Gasteiger partial charge on any atom is -0.330 e. The van der Waals surface area contributed by atoms with Crippen molar-refractivity contribution in [1.29, 1.82) is 0 Å². The van der Waals surface area contributed by atoms with Crippen LogP contribution in [0.2, 0.25) is 0 Å². The van der Waals surface area contributed by atoms with Gasteiger partial charge in [0.2, 0.25) is 5.91 Å². The molecule has 0 aliphatic heterocycles. The third-order valence-electron chi connectivity index (χ3n) is 2.40. The zero-order chi connectivity index (χ0) is 13.0. The second-order valence-corrected chi connectivity index (χ2v) is 3.79. The van der Waals surface area contributed by atoms with Gasteiger partial charge in [0.25, 0.3) is 0 Å². The molecule has 0 saturated carbocycles. The first-order chi connectivity index (χ1) is 8.70. The fraction of sp³-hybridized carbons (Fsp3) is 0.273. The molecule has 0 aliphatic rings. The first kappa shape index (κ1) is 15.1. The van der Waals surface area contributed by atoms with E-state index in [0.29, 0.717) is 24.5 Å². The van der Waals surface area contributed by atoms with Gasteiger partial charge in [0.05, 0.1) is 0 Å². The molecule has 0 aliphatic carbocycles. The maximum Gasteiger partial charge on any atom is 0.225 e. The number of anilines is 1. The summed E-state index contributed by atoms with van der Waals surface area (Å²) in [7, 11) is 1.76. The number of amides is 1. The van der Waals surface area contributed by atoms with Crippen LogP contribution in [0.3, 0.4) is 0 Å². The van der Waals surface area contributed by atoms with Gasteiger partial charge in [0.1, 0.15) is 0 Å². The van der Waals surface area contributed by atoms with Gasteiger partial charge >= 0.3 is 0 Å². The molecule has 0 saturated heterocycles. The molecular formula is C11H15ClN6O. The second kappa shape index (κ2) is 6.81. The lowest BCUT2D eigenvalue weighted by Gasteiger charge is -2.06. The van der Waals surface area contributed by atoms with Crippen molar-refractivity contribution in [3.8, 4) is 11.4 Å². The van der Waals surface area contributed by atoms with E-state index in [0.717, 1.165) is 5.56 Å². The number of nitrogens with two attached hydrogens (primary N) is 1. The van der Waals surface area contributed by atoms with Crippen LogP contribution in [0.1, 0.15) is 6.42 Å². The van der Waals surface area contributed by atoms with Crippen molar-refractivity contribution < 1.29 is 4.79 Å². The van der Waals surface area contributed by atoms with E-state index in [1.54, 1.807) is 11.7 Å². The number of hydrogen-bond acceptors (Lipinski definition) is 5. The molecule has 0 fully saturated rings. The Bertz CT molecular complexity index is 556. The van der Waals surface area contributed by atoms with Crippen LogP contribution in [-0.4, -0.2) is 32.7 Å². The van der Waals surface area contributed by atoms with Gasteiger partial charge in [-0.05, 0) is 22.6 Å². The number of tetrazole rings is 1. The summed E-state index contributed by atoms with van der Waals surface area (Å²) in [6, 6.07) is 7.34. The summed E-state index contributed by atoms with van der Waals surface area (Å²) >= 11 is 0. The Hall–Kier alpha value is -1.99. The number of nitrogens with one attached hydrogen (secondary N) is 1. The van der Waals surface area contributed by atoms with Gasteiger partial charge in [0, 0.05) is 31.3 Å². The van der Waals surface area contributed by atoms with E-state index in [4.69, 9.17) is 5.73 Å². The molecule has 0 radical (unpaired) electrons. The van der Waals surface area contributed by atoms with Crippen LogP contribution in [0.15, 0.2) is 24.3 Å². The number of aromatic nitrogens is 4. The largest absolute Gasteiger partial charge is 0.330 e. The SMILES string of the molecule is Cl.Cn1nnnc1-c1cccc(NC(=O)CCN)c1. The predicted molar refractivity (Wildman–Crippen MR) is 73.8 cm³/mol. The molecule has 2 rings (SSSR count). The average Bonchev–Trinajstić information content (AvgIpc) is 2.76. The topological polar surface area (TPSA) is 98.7 Å². The first-order valence-corrected chi connectivity index (χ1v) is 5.53. The van der Waals surface area contributed by atoms with Crippen LogP contribution in [0.4, 0.5) is 5.69 Å². The number of benzene rings is 1. The van der Waals surface area contributed by atoms with Crippen LogP contribution in [0, 0.1) is 0 Å². The van der Waals surface area contributed by atoms with Gasteiger partial charge in [-0.1, -0.05) is 12.1 Å². The number of rotatable bonds is 4. The number of carbonyl (C=O) groups excluding carboxylic acids is 1. The van der Waals surface area contributed by atoms with E-state index < -0.39 is 0 Å². The highest BCUT2D eigenvalue weighted by atomic mass is 35.5. The molecule has 1 heterocycles. The van der Waals surface area contributed by atoms with Gasteiger partial charge in [-0.3, -0.25) is 4.79 Å². The minimum atomic E-state index is -0.106. The van der Waals surface area contributed by atoms with Crippen LogP contribution >= 0.6 is 12.4 Å². The molecule has 0 spiro atoms. The van der Waals surface area contributed by atoms with Crippen LogP contribution in [0.25, 0.3) is 11.4 Å². The number of aryl methyl sites for hydroxylation is 1. The number of hydrogen-bond donors (Lipinski definition) is 2. The number of halogens is 1. The van der Waals surface area contributed by atoms with Crippen molar-refractivity contribution in [1.82, 2.24) is 20.2 Å². The highest BCUT2D eigenvalue weighted by molar-refractivity contribution is 5.91. The van der Waals surface area contributed by atoms with Gasteiger partial charge in [-0.15, -0.1) is 17.5 Å². The van der Waals surface area contributed by atoms with Crippen molar-refractivity contribution in [2.45, 2.75) is 6.42 Å². The summed E-state index contributed by atoms with van der Waals surface area (Å²) in [6.45, 7) is 0.332. The molecule has 8 heteroatoms. The molecule has 102 valence electrons. The van der Waals surface area contributed by atoms with Gasteiger partial charge in [-0.25, -0.2) is 4.68 Å². The first-order valence-electron chi connectivity index (χ1n) is 5.53. The summed E-state index contributed by atoms with van der Waals surface area (Å²) in [5.74, 6) is 0.538. The van der Waals surface area contributed by atoms with Crippen LogP contribution in [0.5, 0.6) is 0 Å². The average molecular weight is 283 g/mol. The van der Waals surface area contributed by atoms with Crippen molar-refractivity contribution in [3.63, 3.8) is 0 Å². The third kappa shape index (κ3) is 3.73. The van der Waals surface area contributed by atoms with Crippen molar-refractivity contribution in [3.05, 3.63) is 24.3 Å². The quantitative estimate of drug-likeness (QED) is 0.855. The molecule has 1 aromatic heterocycles. The molecule has 0 unspecified atom stereocenters. The van der Waals surface area contributed by atoms with Gasteiger partial charge < -0.3 is 11.1 Å². The van der Waals surface area contributed by atoms with E-state index in [-0.39, 0.29) is 18.3 Å². The number of carbonyl (C=O) groups is 1. The van der Waals surface area contributed by atoms with E-state index >= 15 is 0 Å². The maximum atomic E-state index is 11.4. The standard InChI is InChI=1S/C11H14N6O.ClH/c1-17-11(14-15-16-17)8-3-2-4-9(7-8)13-10(18)5-6-12;/h2-4,7H,5-6,12H2,1H3,(H,13,18);1H. The van der Waals surface area contributed by atoms with Crippen molar-refractivity contribution in [2.75, 3.05) is 11.9 Å². The van der Waals surface area contributed by atoms with Crippen LogP contribution in [-0.2, 0) is 11.8 Å². The molecule has 2 aromatic rings. The fourth-order valence-corrected chi connectivity index (χ4v) is 1.56. The highest BCUT2D eigenvalue weighted by Gasteiger charge is 2.07. The maximum absolute atomic E-state index is 11.4. The van der Waals surface area contributed by atoms with E-state index in [1.807, 2.05) is 24.3 Å². The van der Waals surface area contributed by atoms with Gasteiger partial charge in [-0.2, -0.15) is 0 Å². The Kier molecular flexibility index (Phi) is 5.40. The summed E-state index contributed by atoms with van der Waals surface area (Å²) in [5, 5.41) is 14.0. The highest BCUT2D eigenvalue weighted by Crippen LogP contribution is 2.19. The summed E-state index contributed by atoms with van der Waals surface area (Å²) < 4.78 is 1.57. The minimum absolute atomic E-state index is 0. The predicted octanol–water partition coefficient (Wildman–Crippen LogP) is 0.586. The van der Waals surface area contributed by atoms with Gasteiger partial charge in [0.15, 0.2) is 5.82 Å². The molecule has 3 N–H and O–H groups in total. The number of nitrogens with zero attached hydrogens (tertiary/aromatic N) is 4. The monoisotopic (exact) mass is 282 g/mol. The lowest BCUT2D eigenvalue weighted by molar-refractivity contribution is -0.116. The summed E-state index contributed by atoms with van der Waals surface area (Å²) in [5.41, 5.74) is 6.86. The fourth-order valence-electron chi connectivity index (χ4n) is 1.56. The molecule has 19 heavy (non-hydrogen) atoms. The lowest BCUT2D eigenvalue weighted by atomic mass is 10.2. The Morgan fingerprint density at radius 3 is 2.89 bits per heavy atom. The molecule has 7 nitrogen and oxygen atoms in total. The zero-order valence-electron chi connectivity index (χ0n) is 10.4. The Morgan fingerprint density at radius 2 is 2.26 bits per heavy atom. The zero-order valence-corrected chi connectivity index (χ0v) is 11.2. The molecular weight excluding hydrogens is 268 g/mol. The van der Waals surface area contributed by atoms with E-state index in [9.17, 15) is 4.79 Å².